The highest BCUT2D eigenvalue weighted by atomic mass is 15.1. The van der Waals surface area contributed by atoms with Gasteiger partial charge in [0, 0.05) is 19.2 Å². The van der Waals surface area contributed by atoms with Crippen molar-refractivity contribution in [3.8, 4) is 0 Å². The minimum absolute atomic E-state index is 0.765. The number of aromatic nitrogens is 2. The van der Waals surface area contributed by atoms with E-state index in [9.17, 15) is 0 Å². The van der Waals surface area contributed by atoms with Crippen LogP contribution in [0.4, 0.5) is 11.6 Å². The Morgan fingerprint density at radius 2 is 1.72 bits per heavy atom. The topological polar surface area (TPSA) is 49.8 Å². The van der Waals surface area contributed by atoms with Gasteiger partial charge < -0.3 is 10.6 Å². The second-order valence-corrected chi connectivity index (χ2v) is 5.08. The summed E-state index contributed by atoms with van der Waals surface area (Å²) >= 11 is 0. The summed E-state index contributed by atoms with van der Waals surface area (Å²) in [6, 6.07) is 1.98. The first-order valence-electron chi connectivity index (χ1n) is 6.95. The van der Waals surface area contributed by atoms with Crippen molar-refractivity contribution in [2.24, 2.45) is 5.92 Å². The summed E-state index contributed by atoms with van der Waals surface area (Å²) in [7, 11) is 0. The zero-order chi connectivity index (χ0) is 13.4. The summed E-state index contributed by atoms with van der Waals surface area (Å²) in [6.45, 7) is 10.5. The van der Waals surface area contributed by atoms with Gasteiger partial charge in [0.25, 0.3) is 0 Å². The molecule has 0 unspecified atom stereocenters. The van der Waals surface area contributed by atoms with Crippen LogP contribution in [-0.2, 0) is 0 Å². The lowest BCUT2D eigenvalue weighted by Crippen LogP contribution is -2.08. The van der Waals surface area contributed by atoms with Gasteiger partial charge in [0.1, 0.15) is 17.5 Å². The Morgan fingerprint density at radius 3 is 2.28 bits per heavy atom. The number of nitrogens with one attached hydrogen (secondary N) is 2. The zero-order valence-corrected chi connectivity index (χ0v) is 12.1. The molecule has 1 aromatic rings. The molecule has 0 aliphatic carbocycles. The summed E-state index contributed by atoms with van der Waals surface area (Å²) in [5, 5.41) is 6.66. The molecule has 0 fully saturated rings. The highest BCUT2D eigenvalue weighted by Crippen LogP contribution is 2.12. The van der Waals surface area contributed by atoms with Crippen molar-refractivity contribution < 1.29 is 0 Å². The summed E-state index contributed by atoms with van der Waals surface area (Å²) in [4.78, 5) is 8.76. The number of nitrogens with zero attached hydrogens (tertiary/aromatic N) is 2. The van der Waals surface area contributed by atoms with Crippen LogP contribution in [0.5, 0.6) is 0 Å². The molecule has 1 aromatic heterocycles. The van der Waals surface area contributed by atoms with Crippen molar-refractivity contribution in [1.29, 1.82) is 0 Å². The predicted molar refractivity (Wildman–Crippen MR) is 78.1 cm³/mol. The fraction of sp³-hybridized carbons (Fsp3) is 0.714. The molecule has 1 rings (SSSR count). The van der Waals surface area contributed by atoms with Crippen LogP contribution < -0.4 is 10.6 Å². The second-order valence-electron chi connectivity index (χ2n) is 5.08. The molecule has 102 valence electrons. The highest BCUT2D eigenvalue weighted by Gasteiger charge is 2.01. The van der Waals surface area contributed by atoms with Gasteiger partial charge in [-0.1, -0.05) is 20.8 Å². The normalized spacial score (nSPS) is 10.7. The van der Waals surface area contributed by atoms with Gasteiger partial charge in [-0.3, -0.25) is 0 Å². The van der Waals surface area contributed by atoms with Gasteiger partial charge in [-0.05, 0) is 32.1 Å². The van der Waals surface area contributed by atoms with Crippen LogP contribution in [0.2, 0.25) is 0 Å². The second kappa shape index (κ2) is 7.90. The fourth-order valence-electron chi connectivity index (χ4n) is 1.73. The Morgan fingerprint density at radius 1 is 1.11 bits per heavy atom. The van der Waals surface area contributed by atoms with Gasteiger partial charge in [0.15, 0.2) is 0 Å². The lowest BCUT2D eigenvalue weighted by atomic mass is 10.1. The minimum atomic E-state index is 0.765. The van der Waals surface area contributed by atoms with E-state index in [1.54, 1.807) is 0 Å². The Hall–Kier alpha value is -1.32. The van der Waals surface area contributed by atoms with E-state index >= 15 is 0 Å². The van der Waals surface area contributed by atoms with Gasteiger partial charge in [0.2, 0.25) is 0 Å². The number of anilines is 2. The third kappa shape index (κ3) is 5.84. The zero-order valence-electron chi connectivity index (χ0n) is 12.1. The van der Waals surface area contributed by atoms with Gasteiger partial charge in [-0.25, -0.2) is 9.97 Å². The van der Waals surface area contributed by atoms with Gasteiger partial charge in [0.05, 0.1) is 0 Å². The van der Waals surface area contributed by atoms with Crippen LogP contribution >= 0.6 is 0 Å². The van der Waals surface area contributed by atoms with Crippen LogP contribution in [0, 0.1) is 12.8 Å². The van der Waals surface area contributed by atoms with E-state index in [2.05, 4.69) is 41.4 Å². The van der Waals surface area contributed by atoms with Crippen molar-refractivity contribution in [3.05, 3.63) is 11.9 Å². The van der Waals surface area contributed by atoms with Crippen LogP contribution in [0.15, 0.2) is 6.07 Å². The van der Waals surface area contributed by atoms with Crippen LogP contribution in [0.25, 0.3) is 0 Å². The molecule has 0 aromatic carbocycles. The summed E-state index contributed by atoms with van der Waals surface area (Å²) in [6.07, 6.45) is 3.52. The van der Waals surface area contributed by atoms with Crippen molar-refractivity contribution in [2.75, 3.05) is 23.7 Å². The van der Waals surface area contributed by atoms with Crippen LogP contribution in [0.3, 0.4) is 0 Å². The average molecular weight is 250 g/mol. The van der Waals surface area contributed by atoms with E-state index in [4.69, 9.17) is 0 Å². The third-order valence-electron chi connectivity index (χ3n) is 2.66. The molecule has 1 heterocycles. The summed E-state index contributed by atoms with van der Waals surface area (Å²) in [5.41, 5.74) is 0. The van der Waals surface area contributed by atoms with E-state index in [0.717, 1.165) is 42.9 Å². The fourth-order valence-corrected chi connectivity index (χ4v) is 1.73. The quantitative estimate of drug-likeness (QED) is 0.694. The molecule has 0 radical (unpaired) electrons. The first kappa shape index (κ1) is 14.7. The van der Waals surface area contributed by atoms with Gasteiger partial charge in [-0.15, -0.1) is 0 Å². The Balaban J connectivity index is 2.46. The smallest absolute Gasteiger partial charge is 0.131 e. The molecule has 18 heavy (non-hydrogen) atoms. The summed E-state index contributed by atoms with van der Waals surface area (Å²) < 4.78 is 0. The first-order valence-corrected chi connectivity index (χ1v) is 6.95. The maximum absolute atomic E-state index is 4.40. The van der Waals surface area contributed by atoms with Crippen molar-refractivity contribution in [2.45, 2.75) is 47.0 Å². The van der Waals surface area contributed by atoms with E-state index < -0.39 is 0 Å². The number of rotatable bonds is 8. The third-order valence-corrected chi connectivity index (χ3v) is 2.66. The lowest BCUT2D eigenvalue weighted by molar-refractivity contribution is 0.566. The standard InChI is InChI=1S/C14H26N4/c1-5-8-15-13-10-14(18-12(4)17-13)16-9-6-7-11(2)3/h10-11H,5-9H2,1-4H3,(H2,15,16,17,18). The lowest BCUT2D eigenvalue weighted by Gasteiger charge is -2.10. The Labute approximate surface area is 111 Å². The Kier molecular flexibility index (Phi) is 6.47. The first-order chi connectivity index (χ1) is 8.61. The molecule has 0 atom stereocenters. The average Bonchev–Trinajstić information content (AvgIpc) is 2.31. The van der Waals surface area contributed by atoms with Gasteiger partial charge >= 0.3 is 0 Å². The molecule has 2 N–H and O–H groups in total. The van der Waals surface area contributed by atoms with E-state index in [1.165, 1.54) is 12.8 Å². The highest BCUT2D eigenvalue weighted by molar-refractivity contribution is 5.47. The van der Waals surface area contributed by atoms with Crippen LogP contribution in [0.1, 0.15) is 45.9 Å². The maximum Gasteiger partial charge on any atom is 0.131 e. The monoisotopic (exact) mass is 250 g/mol. The molecule has 0 aliphatic rings. The van der Waals surface area contributed by atoms with Crippen LogP contribution in [-0.4, -0.2) is 23.1 Å². The minimum Gasteiger partial charge on any atom is -0.370 e. The molecular formula is C14H26N4. The van der Waals surface area contributed by atoms with E-state index in [1.807, 2.05) is 13.0 Å². The largest absolute Gasteiger partial charge is 0.370 e. The molecule has 0 saturated heterocycles. The molecule has 0 bridgehead atoms. The molecule has 0 spiro atoms. The molecule has 4 heteroatoms. The molecular weight excluding hydrogens is 224 g/mol. The van der Waals surface area contributed by atoms with E-state index in [0.29, 0.717) is 0 Å². The SMILES string of the molecule is CCCNc1cc(NCCCC(C)C)nc(C)n1. The van der Waals surface area contributed by atoms with E-state index in [-0.39, 0.29) is 0 Å². The number of hydrogen-bond donors (Lipinski definition) is 2. The predicted octanol–water partition coefficient (Wildman–Crippen LogP) is 3.46. The van der Waals surface area contributed by atoms with Gasteiger partial charge in [-0.2, -0.15) is 0 Å². The molecule has 0 saturated carbocycles. The maximum atomic E-state index is 4.40. The number of aryl methyl sites for hydroxylation is 1. The van der Waals surface area contributed by atoms with Crippen molar-refractivity contribution in [1.82, 2.24) is 9.97 Å². The number of hydrogen-bond acceptors (Lipinski definition) is 4. The Bertz CT molecular complexity index is 350. The summed E-state index contributed by atoms with van der Waals surface area (Å²) in [5.74, 6) is 3.41. The van der Waals surface area contributed by atoms with Crippen molar-refractivity contribution >= 4 is 11.6 Å². The molecule has 0 aliphatic heterocycles. The molecule has 4 nitrogen and oxygen atoms in total. The molecule has 0 amide bonds. The van der Waals surface area contributed by atoms with Crippen molar-refractivity contribution in [3.63, 3.8) is 0 Å².